The molecule has 2 N–H and O–H groups in total. The molecule has 27 heavy (non-hydrogen) atoms. The van der Waals surface area contributed by atoms with Crippen molar-refractivity contribution in [1.82, 2.24) is 10.6 Å². The van der Waals surface area contributed by atoms with E-state index >= 15 is 0 Å². The number of unbranched alkanes of at least 4 members (excludes halogenated alkanes) is 13. The van der Waals surface area contributed by atoms with Crippen molar-refractivity contribution in [3.05, 3.63) is 12.7 Å². The molecule has 2 amide bonds. The van der Waals surface area contributed by atoms with Gasteiger partial charge in [-0.15, -0.1) is 0 Å². The van der Waals surface area contributed by atoms with Gasteiger partial charge in [0.15, 0.2) is 0 Å². The van der Waals surface area contributed by atoms with Crippen LogP contribution in [-0.4, -0.2) is 31.7 Å². The van der Waals surface area contributed by atoms with Crippen LogP contribution in [0.15, 0.2) is 12.7 Å². The standard InChI is InChI=1S/C22H42N2O3/c1-3-5-6-7-8-9-10-11-12-13-14-15-16-17-18-23-22(26)24-19-20-27-21(25)4-2/h4H,2-3,5-20H2,1H3,(H2,23,24,26). The lowest BCUT2D eigenvalue weighted by atomic mass is 10.0. The van der Waals surface area contributed by atoms with Gasteiger partial charge in [-0.3, -0.25) is 0 Å². The maximum absolute atomic E-state index is 11.5. The van der Waals surface area contributed by atoms with Crippen LogP contribution in [0.4, 0.5) is 4.79 Å². The van der Waals surface area contributed by atoms with E-state index in [0.29, 0.717) is 13.1 Å². The fourth-order valence-corrected chi connectivity index (χ4v) is 2.96. The highest BCUT2D eigenvalue weighted by molar-refractivity contribution is 5.81. The summed E-state index contributed by atoms with van der Waals surface area (Å²) in [5, 5.41) is 5.47. The van der Waals surface area contributed by atoms with Crippen LogP contribution in [0.5, 0.6) is 0 Å². The van der Waals surface area contributed by atoms with Gasteiger partial charge in [-0.05, 0) is 6.42 Å². The zero-order valence-corrected chi connectivity index (χ0v) is 17.5. The molecule has 0 aliphatic carbocycles. The second kappa shape index (κ2) is 20.8. The van der Waals surface area contributed by atoms with Gasteiger partial charge in [-0.25, -0.2) is 9.59 Å². The van der Waals surface area contributed by atoms with E-state index in [0.717, 1.165) is 18.9 Å². The fourth-order valence-electron chi connectivity index (χ4n) is 2.96. The Kier molecular flexibility index (Phi) is 19.6. The number of carbonyl (C=O) groups excluding carboxylic acids is 2. The number of amides is 2. The highest BCUT2D eigenvalue weighted by Crippen LogP contribution is 2.12. The van der Waals surface area contributed by atoms with Crippen molar-refractivity contribution < 1.29 is 14.3 Å². The number of nitrogens with one attached hydrogen (secondary N) is 2. The maximum atomic E-state index is 11.5. The molecule has 5 nitrogen and oxygen atoms in total. The van der Waals surface area contributed by atoms with Crippen LogP contribution in [0.2, 0.25) is 0 Å². The summed E-state index contributed by atoms with van der Waals surface area (Å²) in [4.78, 5) is 22.3. The Morgan fingerprint density at radius 3 is 1.67 bits per heavy atom. The summed E-state index contributed by atoms with van der Waals surface area (Å²) in [6, 6.07) is -0.209. The first-order valence-corrected chi connectivity index (χ1v) is 11.0. The van der Waals surface area contributed by atoms with Crippen LogP contribution in [0.3, 0.4) is 0 Å². The molecule has 0 saturated carbocycles. The summed E-state index contributed by atoms with van der Waals surface area (Å²) in [7, 11) is 0. The van der Waals surface area contributed by atoms with Crippen molar-refractivity contribution in [1.29, 1.82) is 0 Å². The highest BCUT2D eigenvalue weighted by Gasteiger charge is 2.00. The van der Waals surface area contributed by atoms with E-state index in [4.69, 9.17) is 4.74 Å². The van der Waals surface area contributed by atoms with Crippen LogP contribution in [0.1, 0.15) is 96.8 Å². The lowest BCUT2D eigenvalue weighted by Crippen LogP contribution is -2.37. The van der Waals surface area contributed by atoms with E-state index in [1.807, 2.05) is 0 Å². The SMILES string of the molecule is C=CC(=O)OCCNC(=O)NCCCCCCCCCCCCCCCC. The molecule has 0 radical (unpaired) electrons. The van der Waals surface area contributed by atoms with Gasteiger partial charge < -0.3 is 15.4 Å². The van der Waals surface area contributed by atoms with Crippen molar-refractivity contribution in [2.75, 3.05) is 19.7 Å². The molecule has 0 fully saturated rings. The van der Waals surface area contributed by atoms with Crippen LogP contribution in [-0.2, 0) is 9.53 Å². The maximum Gasteiger partial charge on any atom is 0.330 e. The van der Waals surface area contributed by atoms with Gasteiger partial charge in [-0.2, -0.15) is 0 Å². The van der Waals surface area contributed by atoms with E-state index in [-0.39, 0.29) is 12.6 Å². The third kappa shape index (κ3) is 20.6. The lowest BCUT2D eigenvalue weighted by Gasteiger charge is -2.07. The normalized spacial score (nSPS) is 10.4. The number of esters is 1. The van der Waals surface area contributed by atoms with Gasteiger partial charge >= 0.3 is 12.0 Å². The molecule has 0 bridgehead atoms. The summed E-state index contributed by atoms with van der Waals surface area (Å²) in [6.07, 6.45) is 19.7. The first-order chi connectivity index (χ1) is 13.2. The quantitative estimate of drug-likeness (QED) is 0.176. The largest absolute Gasteiger partial charge is 0.461 e. The van der Waals surface area contributed by atoms with E-state index in [1.165, 1.54) is 77.0 Å². The molecule has 0 heterocycles. The topological polar surface area (TPSA) is 67.4 Å². The van der Waals surface area contributed by atoms with Gasteiger partial charge in [0.2, 0.25) is 0 Å². The Morgan fingerprint density at radius 2 is 1.19 bits per heavy atom. The average Bonchev–Trinajstić information content (AvgIpc) is 2.68. The summed E-state index contributed by atoms with van der Waals surface area (Å²) in [5.74, 6) is -0.473. The first-order valence-electron chi connectivity index (χ1n) is 11.0. The van der Waals surface area contributed by atoms with Gasteiger partial charge in [0.1, 0.15) is 6.61 Å². The molecule has 5 heteroatoms. The Labute approximate surface area is 166 Å². The Morgan fingerprint density at radius 1 is 0.741 bits per heavy atom. The summed E-state index contributed by atoms with van der Waals surface area (Å²) in [6.45, 7) is 6.73. The van der Waals surface area contributed by atoms with Gasteiger partial charge in [0.05, 0.1) is 6.54 Å². The van der Waals surface area contributed by atoms with Crippen LogP contribution in [0.25, 0.3) is 0 Å². The van der Waals surface area contributed by atoms with E-state index < -0.39 is 5.97 Å². The molecule has 0 rings (SSSR count). The van der Waals surface area contributed by atoms with E-state index in [1.54, 1.807) is 0 Å². The molecule has 0 unspecified atom stereocenters. The molecule has 0 aliphatic rings. The van der Waals surface area contributed by atoms with Crippen molar-refractivity contribution >= 4 is 12.0 Å². The smallest absolute Gasteiger partial charge is 0.330 e. The molecule has 0 aromatic rings. The second-order valence-electron chi connectivity index (χ2n) is 7.15. The van der Waals surface area contributed by atoms with Gasteiger partial charge in [0.25, 0.3) is 0 Å². The summed E-state index contributed by atoms with van der Waals surface area (Å²) >= 11 is 0. The number of urea groups is 1. The Hall–Kier alpha value is -1.52. The second-order valence-corrected chi connectivity index (χ2v) is 7.15. The van der Waals surface area contributed by atoms with E-state index in [2.05, 4.69) is 24.1 Å². The van der Waals surface area contributed by atoms with Crippen molar-refractivity contribution in [3.8, 4) is 0 Å². The van der Waals surface area contributed by atoms with Gasteiger partial charge in [0, 0.05) is 12.6 Å². The lowest BCUT2D eigenvalue weighted by molar-refractivity contribution is -0.137. The molecule has 0 spiro atoms. The highest BCUT2D eigenvalue weighted by atomic mass is 16.5. The molecular weight excluding hydrogens is 340 g/mol. The summed E-state index contributed by atoms with van der Waals surface area (Å²) < 4.78 is 4.77. The van der Waals surface area contributed by atoms with Crippen molar-refractivity contribution in [2.24, 2.45) is 0 Å². The molecule has 0 aromatic heterocycles. The predicted molar refractivity (Wildman–Crippen MR) is 113 cm³/mol. The Balaban J connectivity index is 3.16. The Bertz CT molecular complexity index is 373. The van der Waals surface area contributed by atoms with Crippen molar-refractivity contribution in [2.45, 2.75) is 96.8 Å². The van der Waals surface area contributed by atoms with Crippen LogP contribution in [0, 0.1) is 0 Å². The zero-order valence-electron chi connectivity index (χ0n) is 17.5. The molecule has 0 saturated heterocycles. The molecule has 0 aromatic carbocycles. The number of ether oxygens (including phenoxy) is 1. The fraction of sp³-hybridized carbons (Fsp3) is 0.818. The van der Waals surface area contributed by atoms with Crippen LogP contribution >= 0.6 is 0 Å². The minimum absolute atomic E-state index is 0.164. The minimum atomic E-state index is -0.473. The molecule has 158 valence electrons. The minimum Gasteiger partial charge on any atom is -0.461 e. The number of hydrogen-bond donors (Lipinski definition) is 2. The molecule has 0 aliphatic heterocycles. The number of rotatable bonds is 19. The molecular formula is C22H42N2O3. The monoisotopic (exact) mass is 382 g/mol. The zero-order chi connectivity index (χ0) is 20.0. The van der Waals surface area contributed by atoms with Crippen LogP contribution < -0.4 is 10.6 Å². The predicted octanol–water partition coefficient (Wildman–Crippen LogP) is 5.50. The third-order valence-corrected chi connectivity index (χ3v) is 4.61. The number of hydrogen-bond acceptors (Lipinski definition) is 3. The van der Waals surface area contributed by atoms with E-state index in [9.17, 15) is 9.59 Å². The number of carbonyl (C=O) groups is 2. The average molecular weight is 383 g/mol. The summed E-state index contributed by atoms with van der Waals surface area (Å²) in [5.41, 5.74) is 0. The van der Waals surface area contributed by atoms with Gasteiger partial charge in [-0.1, -0.05) is 97.0 Å². The van der Waals surface area contributed by atoms with Crippen molar-refractivity contribution in [3.63, 3.8) is 0 Å². The first kappa shape index (κ1) is 25.5. The molecule has 0 atom stereocenters. The third-order valence-electron chi connectivity index (χ3n) is 4.61.